The lowest BCUT2D eigenvalue weighted by molar-refractivity contribution is 1.02. The van der Waals surface area contributed by atoms with Crippen LogP contribution in [0.2, 0.25) is 0 Å². The van der Waals surface area contributed by atoms with E-state index >= 15 is 0 Å². The summed E-state index contributed by atoms with van der Waals surface area (Å²) in [4.78, 5) is 2.95. The molecule has 0 saturated carbocycles. The molecule has 0 unspecified atom stereocenters. The highest BCUT2D eigenvalue weighted by molar-refractivity contribution is 8.06. The fourth-order valence-electron chi connectivity index (χ4n) is 1.32. The summed E-state index contributed by atoms with van der Waals surface area (Å²) in [6.07, 6.45) is 14.6. The minimum absolute atomic E-state index is 1.12. The van der Waals surface area contributed by atoms with Crippen molar-refractivity contribution in [2.75, 3.05) is 0 Å². The van der Waals surface area contributed by atoms with E-state index in [4.69, 9.17) is 0 Å². The molecular weight excluding hydrogens is 200 g/mol. The molecule has 0 bridgehead atoms. The molecular formula is C14H20S. The van der Waals surface area contributed by atoms with E-state index in [2.05, 4.69) is 51.2 Å². The molecule has 0 fully saturated rings. The van der Waals surface area contributed by atoms with Gasteiger partial charge < -0.3 is 0 Å². The summed E-state index contributed by atoms with van der Waals surface area (Å²) in [6.45, 7) is 6.49. The first-order valence-electron chi connectivity index (χ1n) is 5.60. The van der Waals surface area contributed by atoms with Crippen molar-refractivity contribution in [1.29, 1.82) is 0 Å². The largest absolute Gasteiger partial charge is 0.0990 e. The van der Waals surface area contributed by atoms with Gasteiger partial charge in [-0.05, 0) is 42.9 Å². The lowest BCUT2D eigenvalue weighted by atomic mass is 10.2. The van der Waals surface area contributed by atoms with Gasteiger partial charge in [0.2, 0.25) is 0 Å². The summed E-state index contributed by atoms with van der Waals surface area (Å²) in [5, 5.41) is 0. The third-order valence-electron chi connectivity index (χ3n) is 2.19. The smallest absolute Gasteiger partial charge is 0.0103 e. The third kappa shape index (κ3) is 5.08. The monoisotopic (exact) mass is 220 g/mol. The first-order chi connectivity index (χ1) is 7.22. The molecule has 0 radical (unpaired) electrons. The average Bonchev–Trinajstić information content (AvgIpc) is 2.25. The molecule has 0 heterocycles. The Kier molecular flexibility index (Phi) is 5.56. The normalized spacial score (nSPS) is 16.2. The first kappa shape index (κ1) is 12.4. The molecule has 0 aromatic rings. The number of thioether (sulfide) groups is 1. The second kappa shape index (κ2) is 6.73. The number of allylic oxidation sites excluding steroid dienone is 8. The summed E-state index contributed by atoms with van der Waals surface area (Å²) >= 11 is 1.93. The predicted octanol–water partition coefficient (Wildman–Crippen LogP) is 5.21. The molecule has 0 aliphatic heterocycles. The van der Waals surface area contributed by atoms with E-state index in [1.165, 1.54) is 28.2 Å². The van der Waals surface area contributed by atoms with Gasteiger partial charge in [-0.2, -0.15) is 0 Å². The fourth-order valence-corrected chi connectivity index (χ4v) is 2.30. The Balaban J connectivity index is 2.60. The van der Waals surface area contributed by atoms with Gasteiger partial charge in [0.15, 0.2) is 0 Å². The zero-order valence-electron chi connectivity index (χ0n) is 9.92. The minimum atomic E-state index is 1.12. The predicted molar refractivity (Wildman–Crippen MR) is 71.9 cm³/mol. The summed E-state index contributed by atoms with van der Waals surface area (Å²) in [7, 11) is 0. The van der Waals surface area contributed by atoms with Crippen LogP contribution in [0.15, 0.2) is 45.8 Å². The van der Waals surface area contributed by atoms with Gasteiger partial charge in [0.05, 0.1) is 0 Å². The highest BCUT2D eigenvalue weighted by Crippen LogP contribution is 2.32. The van der Waals surface area contributed by atoms with E-state index in [1.54, 1.807) is 0 Å². The van der Waals surface area contributed by atoms with Gasteiger partial charge in [0, 0.05) is 0 Å². The van der Waals surface area contributed by atoms with Gasteiger partial charge >= 0.3 is 0 Å². The third-order valence-corrected chi connectivity index (χ3v) is 3.48. The molecule has 1 heteroatoms. The van der Waals surface area contributed by atoms with E-state index in [-0.39, 0.29) is 0 Å². The molecule has 0 aromatic carbocycles. The Labute approximate surface area is 97.8 Å². The maximum atomic E-state index is 2.25. The maximum absolute atomic E-state index is 2.25. The molecule has 0 amide bonds. The molecule has 1 rings (SSSR count). The average molecular weight is 220 g/mol. The Bertz CT molecular complexity index is 312. The van der Waals surface area contributed by atoms with Crippen molar-refractivity contribution in [2.45, 2.75) is 40.0 Å². The SMILES string of the molecule is CC/C(=C\C=C(C)C)SC1=CC=CCC1. The summed E-state index contributed by atoms with van der Waals surface area (Å²) in [6, 6.07) is 0. The van der Waals surface area contributed by atoms with Crippen molar-refractivity contribution in [3.05, 3.63) is 45.8 Å². The van der Waals surface area contributed by atoms with E-state index in [1.807, 2.05) is 11.8 Å². The second-order valence-electron chi connectivity index (χ2n) is 3.93. The van der Waals surface area contributed by atoms with Crippen LogP contribution < -0.4 is 0 Å². The minimum Gasteiger partial charge on any atom is -0.0990 e. The van der Waals surface area contributed by atoms with Crippen molar-refractivity contribution < 1.29 is 0 Å². The Morgan fingerprint density at radius 2 is 2.20 bits per heavy atom. The summed E-state index contributed by atoms with van der Waals surface area (Å²) in [5.41, 5.74) is 1.36. The lowest BCUT2D eigenvalue weighted by Crippen LogP contribution is -1.83. The van der Waals surface area contributed by atoms with Crippen LogP contribution >= 0.6 is 11.8 Å². The Morgan fingerprint density at radius 3 is 2.73 bits per heavy atom. The highest BCUT2D eigenvalue weighted by Gasteiger charge is 2.02. The van der Waals surface area contributed by atoms with Gasteiger partial charge in [-0.25, -0.2) is 0 Å². The second-order valence-corrected chi connectivity index (χ2v) is 5.19. The van der Waals surface area contributed by atoms with Crippen molar-refractivity contribution in [2.24, 2.45) is 0 Å². The standard InChI is InChI=1S/C14H20S/c1-4-13(11-10-12(2)3)15-14-8-6-5-7-9-14/h5-6,8,10-11H,4,7,9H2,1-3H3/b13-11+. The van der Waals surface area contributed by atoms with E-state index in [9.17, 15) is 0 Å². The van der Waals surface area contributed by atoms with Gasteiger partial charge in [-0.1, -0.05) is 54.6 Å². The summed E-state index contributed by atoms with van der Waals surface area (Å²) < 4.78 is 0. The molecule has 0 spiro atoms. The van der Waals surface area contributed by atoms with E-state index < -0.39 is 0 Å². The van der Waals surface area contributed by atoms with Crippen LogP contribution in [-0.4, -0.2) is 0 Å². The van der Waals surface area contributed by atoms with E-state index in [0.717, 1.165) is 6.42 Å². The molecule has 15 heavy (non-hydrogen) atoms. The molecule has 0 nitrogen and oxygen atoms in total. The van der Waals surface area contributed by atoms with E-state index in [0.29, 0.717) is 0 Å². The Hall–Kier alpha value is -0.690. The van der Waals surface area contributed by atoms with Gasteiger partial charge in [-0.3, -0.25) is 0 Å². The maximum Gasteiger partial charge on any atom is -0.0103 e. The molecule has 82 valence electrons. The highest BCUT2D eigenvalue weighted by atomic mass is 32.2. The van der Waals surface area contributed by atoms with Crippen LogP contribution in [0, 0.1) is 0 Å². The summed E-state index contributed by atoms with van der Waals surface area (Å²) in [5.74, 6) is 0. The first-order valence-corrected chi connectivity index (χ1v) is 6.41. The van der Waals surface area contributed by atoms with Crippen LogP contribution in [0.3, 0.4) is 0 Å². The zero-order valence-corrected chi connectivity index (χ0v) is 10.7. The van der Waals surface area contributed by atoms with Crippen molar-refractivity contribution in [1.82, 2.24) is 0 Å². The topological polar surface area (TPSA) is 0 Å². The number of hydrogen-bond acceptors (Lipinski definition) is 1. The van der Waals surface area contributed by atoms with Crippen LogP contribution in [0.25, 0.3) is 0 Å². The molecule has 0 atom stereocenters. The van der Waals surface area contributed by atoms with Gasteiger partial charge in [0.1, 0.15) is 0 Å². The van der Waals surface area contributed by atoms with Crippen LogP contribution in [-0.2, 0) is 0 Å². The fraction of sp³-hybridized carbons (Fsp3) is 0.429. The molecule has 0 N–H and O–H groups in total. The zero-order chi connectivity index (χ0) is 11.1. The van der Waals surface area contributed by atoms with Crippen molar-refractivity contribution in [3.8, 4) is 0 Å². The quantitative estimate of drug-likeness (QED) is 0.586. The van der Waals surface area contributed by atoms with Crippen molar-refractivity contribution >= 4 is 11.8 Å². The van der Waals surface area contributed by atoms with Gasteiger partial charge in [0.25, 0.3) is 0 Å². The molecule has 0 saturated heterocycles. The van der Waals surface area contributed by atoms with Crippen molar-refractivity contribution in [3.63, 3.8) is 0 Å². The van der Waals surface area contributed by atoms with Crippen LogP contribution in [0.5, 0.6) is 0 Å². The number of hydrogen-bond donors (Lipinski definition) is 0. The molecule has 1 aliphatic carbocycles. The van der Waals surface area contributed by atoms with Gasteiger partial charge in [-0.15, -0.1) is 0 Å². The number of rotatable bonds is 4. The molecule has 0 aromatic heterocycles. The van der Waals surface area contributed by atoms with Crippen LogP contribution in [0.1, 0.15) is 40.0 Å². The molecule has 1 aliphatic rings. The lowest BCUT2D eigenvalue weighted by Gasteiger charge is -2.09. The van der Waals surface area contributed by atoms with Crippen LogP contribution in [0.4, 0.5) is 0 Å². The Morgan fingerprint density at radius 1 is 1.40 bits per heavy atom.